The minimum atomic E-state index is -3.70. The minimum Gasteiger partial charge on any atom is -0.398 e. The second-order valence-electron chi connectivity index (χ2n) is 4.18. The smallest absolute Gasteiger partial charge is 0.242 e. The lowest BCUT2D eigenvalue weighted by atomic mass is 10.3. The van der Waals surface area contributed by atoms with Crippen LogP contribution in [0.4, 0.5) is 5.69 Å². The lowest BCUT2D eigenvalue weighted by Crippen LogP contribution is -2.31. The van der Waals surface area contributed by atoms with Crippen LogP contribution in [-0.4, -0.2) is 27.4 Å². The lowest BCUT2D eigenvalue weighted by molar-refractivity contribution is -0.120. The molecule has 0 bridgehead atoms. The summed E-state index contributed by atoms with van der Waals surface area (Å²) in [5, 5.41) is 2.67. The number of nitrogens with one attached hydrogen (secondary N) is 2. The average Bonchev–Trinajstić information content (AvgIpc) is 2.35. The Bertz CT molecular complexity index is 575. The molecule has 0 radical (unpaired) electrons. The van der Waals surface area contributed by atoms with Crippen molar-refractivity contribution < 1.29 is 13.2 Å². The Labute approximate surface area is 127 Å². The summed E-state index contributed by atoms with van der Waals surface area (Å²) in [6.07, 6.45) is 0.933. The number of rotatable bonds is 7. The fourth-order valence-electron chi connectivity index (χ4n) is 1.49. The first-order chi connectivity index (χ1) is 9.36. The number of carbonyl (C=O) groups is 1. The number of carbonyl (C=O) groups excluding carboxylic acids is 1. The largest absolute Gasteiger partial charge is 0.398 e. The molecule has 112 valence electrons. The molecule has 1 aromatic rings. The summed E-state index contributed by atoms with van der Waals surface area (Å²) < 4.78 is 27.1. The van der Waals surface area contributed by atoms with Crippen LogP contribution in [0.3, 0.4) is 0 Å². The fraction of sp³-hybridized carbons (Fsp3) is 0.417. The summed E-state index contributed by atoms with van der Waals surface area (Å²) in [4.78, 5) is 11.4. The predicted molar refractivity (Wildman–Crippen MR) is 81.7 cm³/mol. The Morgan fingerprint density at radius 3 is 2.65 bits per heavy atom. The van der Waals surface area contributed by atoms with Crippen molar-refractivity contribution in [2.24, 2.45) is 0 Å². The molecule has 20 heavy (non-hydrogen) atoms. The molecule has 0 aliphatic heterocycles. The Morgan fingerprint density at radius 1 is 1.35 bits per heavy atom. The van der Waals surface area contributed by atoms with Gasteiger partial charge in [-0.1, -0.05) is 22.9 Å². The van der Waals surface area contributed by atoms with Gasteiger partial charge in [-0.05, 0) is 24.6 Å². The van der Waals surface area contributed by atoms with Crippen LogP contribution >= 0.6 is 15.9 Å². The van der Waals surface area contributed by atoms with E-state index in [1.807, 2.05) is 6.92 Å². The highest BCUT2D eigenvalue weighted by molar-refractivity contribution is 9.10. The number of benzene rings is 1. The first-order valence-electron chi connectivity index (χ1n) is 6.18. The van der Waals surface area contributed by atoms with Crippen LogP contribution in [0, 0.1) is 0 Å². The van der Waals surface area contributed by atoms with Gasteiger partial charge < -0.3 is 11.1 Å². The van der Waals surface area contributed by atoms with Gasteiger partial charge in [-0.3, -0.25) is 4.79 Å². The third-order valence-corrected chi connectivity index (χ3v) is 4.51. The van der Waals surface area contributed by atoms with Crippen molar-refractivity contribution in [2.75, 3.05) is 18.8 Å². The molecular weight excluding hydrogens is 346 g/mol. The molecule has 1 aromatic carbocycles. The van der Waals surface area contributed by atoms with Crippen LogP contribution in [0.25, 0.3) is 0 Å². The van der Waals surface area contributed by atoms with Crippen molar-refractivity contribution in [2.45, 2.75) is 24.7 Å². The zero-order valence-electron chi connectivity index (χ0n) is 11.1. The molecule has 8 heteroatoms. The van der Waals surface area contributed by atoms with Gasteiger partial charge in [0, 0.05) is 24.0 Å². The molecule has 0 fully saturated rings. The summed E-state index contributed by atoms with van der Waals surface area (Å²) in [5.41, 5.74) is 5.83. The van der Waals surface area contributed by atoms with E-state index in [2.05, 4.69) is 26.0 Å². The van der Waals surface area contributed by atoms with E-state index >= 15 is 0 Å². The van der Waals surface area contributed by atoms with E-state index in [1.165, 1.54) is 12.1 Å². The summed E-state index contributed by atoms with van der Waals surface area (Å²) in [7, 11) is -3.70. The van der Waals surface area contributed by atoms with Gasteiger partial charge in [-0.15, -0.1) is 0 Å². The number of nitrogens with two attached hydrogens (primary N) is 1. The molecule has 0 saturated heterocycles. The second-order valence-corrected chi connectivity index (χ2v) is 6.83. The second kappa shape index (κ2) is 7.61. The van der Waals surface area contributed by atoms with Gasteiger partial charge in [0.1, 0.15) is 4.90 Å². The third-order valence-electron chi connectivity index (χ3n) is 2.48. The predicted octanol–water partition coefficient (Wildman–Crippen LogP) is 1.23. The van der Waals surface area contributed by atoms with Gasteiger partial charge in [0.05, 0.1) is 5.69 Å². The quantitative estimate of drug-likeness (QED) is 0.634. The molecule has 1 rings (SSSR count). The molecule has 1 amide bonds. The highest BCUT2D eigenvalue weighted by atomic mass is 79.9. The van der Waals surface area contributed by atoms with Crippen LogP contribution in [0.5, 0.6) is 0 Å². The lowest BCUT2D eigenvalue weighted by Gasteiger charge is -2.09. The minimum absolute atomic E-state index is 0.00895. The maximum atomic E-state index is 12.0. The van der Waals surface area contributed by atoms with Crippen molar-refractivity contribution in [3.8, 4) is 0 Å². The topological polar surface area (TPSA) is 101 Å². The van der Waals surface area contributed by atoms with Crippen LogP contribution in [-0.2, 0) is 14.8 Å². The highest BCUT2D eigenvalue weighted by Crippen LogP contribution is 2.22. The van der Waals surface area contributed by atoms with Crippen molar-refractivity contribution in [1.82, 2.24) is 10.0 Å². The van der Waals surface area contributed by atoms with Crippen LogP contribution < -0.4 is 15.8 Å². The SMILES string of the molecule is CCCNC(=O)CCNS(=O)(=O)c1ccc(Br)cc1N. The summed E-state index contributed by atoms with van der Waals surface area (Å²) in [5.74, 6) is -0.182. The molecule has 6 nitrogen and oxygen atoms in total. The molecule has 0 atom stereocenters. The van der Waals surface area contributed by atoms with Crippen LogP contribution in [0.15, 0.2) is 27.6 Å². The van der Waals surface area contributed by atoms with E-state index < -0.39 is 10.0 Å². The number of nitrogen functional groups attached to an aromatic ring is 1. The van der Waals surface area contributed by atoms with Crippen LogP contribution in [0.2, 0.25) is 0 Å². The van der Waals surface area contributed by atoms with E-state index in [-0.39, 0.29) is 29.5 Å². The number of hydrogen-bond acceptors (Lipinski definition) is 4. The zero-order valence-corrected chi connectivity index (χ0v) is 13.6. The molecule has 0 spiro atoms. The molecule has 4 N–H and O–H groups in total. The Hall–Kier alpha value is -1.12. The standard InChI is InChI=1S/C12H18BrN3O3S/c1-2-6-15-12(17)5-7-16-20(18,19)11-4-3-9(13)8-10(11)14/h3-4,8,16H,2,5-7,14H2,1H3,(H,15,17). The maximum absolute atomic E-state index is 12.0. The average molecular weight is 364 g/mol. The molecule has 0 aromatic heterocycles. The van der Waals surface area contributed by atoms with E-state index in [4.69, 9.17) is 5.73 Å². The highest BCUT2D eigenvalue weighted by Gasteiger charge is 2.17. The Kier molecular flexibility index (Phi) is 6.44. The molecule has 0 saturated carbocycles. The number of halogens is 1. The van der Waals surface area contributed by atoms with Crippen molar-refractivity contribution >= 4 is 37.5 Å². The normalized spacial score (nSPS) is 11.3. The van der Waals surface area contributed by atoms with E-state index in [0.717, 1.165) is 6.42 Å². The number of anilines is 1. The van der Waals surface area contributed by atoms with Gasteiger partial charge >= 0.3 is 0 Å². The molecular formula is C12H18BrN3O3S. The van der Waals surface area contributed by atoms with E-state index in [9.17, 15) is 13.2 Å². The Morgan fingerprint density at radius 2 is 2.05 bits per heavy atom. The molecule has 0 aliphatic rings. The van der Waals surface area contributed by atoms with Gasteiger partial charge in [0.15, 0.2) is 0 Å². The summed E-state index contributed by atoms with van der Waals surface area (Å²) >= 11 is 3.21. The van der Waals surface area contributed by atoms with Gasteiger partial charge in [0.2, 0.25) is 15.9 Å². The number of sulfonamides is 1. The molecule has 0 aliphatic carbocycles. The number of hydrogen-bond donors (Lipinski definition) is 3. The fourth-order valence-corrected chi connectivity index (χ4v) is 3.02. The first kappa shape index (κ1) is 16.9. The molecule has 0 heterocycles. The summed E-state index contributed by atoms with van der Waals surface area (Å²) in [6, 6.07) is 4.53. The first-order valence-corrected chi connectivity index (χ1v) is 8.46. The van der Waals surface area contributed by atoms with Crippen LogP contribution in [0.1, 0.15) is 19.8 Å². The van der Waals surface area contributed by atoms with E-state index in [1.54, 1.807) is 6.07 Å². The summed E-state index contributed by atoms with van der Waals surface area (Å²) in [6.45, 7) is 2.57. The Balaban J connectivity index is 2.60. The van der Waals surface area contributed by atoms with Crippen molar-refractivity contribution in [1.29, 1.82) is 0 Å². The zero-order chi connectivity index (χ0) is 15.2. The third kappa shape index (κ3) is 5.10. The van der Waals surface area contributed by atoms with Crippen molar-refractivity contribution in [3.05, 3.63) is 22.7 Å². The van der Waals surface area contributed by atoms with Gasteiger partial charge in [-0.2, -0.15) is 0 Å². The van der Waals surface area contributed by atoms with Gasteiger partial charge in [-0.25, -0.2) is 13.1 Å². The van der Waals surface area contributed by atoms with Crippen molar-refractivity contribution in [3.63, 3.8) is 0 Å². The van der Waals surface area contributed by atoms with E-state index in [0.29, 0.717) is 11.0 Å². The monoisotopic (exact) mass is 363 g/mol. The maximum Gasteiger partial charge on any atom is 0.242 e. The van der Waals surface area contributed by atoms with Gasteiger partial charge in [0.25, 0.3) is 0 Å². The number of amides is 1. The molecule has 0 unspecified atom stereocenters.